The normalized spacial score (nSPS) is 13.4. The van der Waals surface area contributed by atoms with E-state index in [2.05, 4.69) is 57.2 Å². The van der Waals surface area contributed by atoms with Crippen molar-refractivity contribution in [3.63, 3.8) is 0 Å². The molecule has 1 nitrogen and oxygen atoms in total. The maximum absolute atomic E-state index is 10.9. The SMILES string of the molecule is CCCCC/C=C/CCCC(O)C(CCC/C=C/CCCCC)CCC/C=C/CCCCC. The minimum absolute atomic E-state index is 0.124. The largest absolute Gasteiger partial charge is 0.393 e. The molecule has 0 spiro atoms. The molecule has 0 aliphatic heterocycles. The number of aliphatic hydroxyl groups excluding tert-OH is 1. The predicted molar refractivity (Wildman–Crippen MR) is 151 cm³/mol. The van der Waals surface area contributed by atoms with Crippen LogP contribution in [0.1, 0.15) is 156 Å². The Kier molecular flexibility index (Phi) is 26.7. The quantitative estimate of drug-likeness (QED) is 0.106. The molecule has 0 aromatic heterocycles. The van der Waals surface area contributed by atoms with Crippen LogP contribution in [-0.4, -0.2) is 11.2 Å². The van der Waals surface area contributed by atoms with Crippen LogP contribution in [0.4, 0.5) is 0 Å². The van der Waals surface area contributed by atoms with Crippen molar-refractivity contribution in [2.75, 3.05) is 0 Å². The molecule has 0 aliphatic rings. The summed E-state index contributed by atoms with van der Waals surface area (Å²) in [4.78, 5) is 0. The molecule has 0 amide bonds. The van der Waals surface area contributed by atoms with Crippen LogP contribution in [0.2, 0.25) is 0 Å². The summed E-state index contributed by atoms with van der Waals surface area (Å²) in [5.41, 5.74) is 0. The van der Waals surface area contributed by atoms with E-state index < -0.39 is 0 Å². The topological polar surface area (TPSA) is 20.2 Å². The minimum atomic E-state index is -0.124. The van der Waals surface area contributed by atoms with Gasteiger partial charge in [0.05, 0.1) is 6.10 Å². The van der Waals surface area contributed by atoms with E-state index in [1.54, 1.807) is 0 Å². The Labute approximate surface area is 209 Å². The van der Waals surface area contributed by atoms with Gasteiger partial charge in [-0.05, 0) is 102 Å². The minimum Gasteiger partial charge on any atom is -0.393 e. The first-order chi connectivity index (χ1) is 16.3. The smallest absolute Gasteiger partial charge is 0.0568 e. The number of aliphatic hydroxyl groups is 1. The van der Waals surface area contributed by atoms with Crippen LogP contribution in [0.15, 0.2) is 36.5 Å². The van der Waals surface area contributed by atoms with Gasteiger partial charge in [-0.3, -0.25) is 0 Å². The maximum atomic E-state index is 10.9. The Bertz CT molecular complexity index is 421. The van der Waals surface area contributed by atoms with Gasteiger partial charge in [-0.2, -0.15) is 0 Å². The molecule has 0 aromatic carbocycles. The van der Waals surface area contributed by atoms with Crippen LogP contribution >= 0.6 is 0 Å². The van der Waals surface area contributed by atoms with Gasteiger partial charge in [0.25, 0.3) is 0 Å². The molecule has 0 rings (SSSR count). The molecule has 1 heteroatoms. The standard InChI is InChI=1S/C32H60O/c1-4-7-10-13-16-19-22-25-28-31(29-26-23-20-17-14-11-8-5-2)32(33)30-27-24-21-18-15-12-9-6-3/h16-21,31-33H,4-15,22-30H2,1-3H3/b19-16+,20-17+,21-18+. The third kappa shape index (κ3) is 24.1. The average Bonchev–Trinajstić information content (AvgIpc) is 2.82. The molecule has 0 aromatic rings. The van der Waals surface area contributed by atoms with Gasteiger partial charge in [0.2, 0.25) is 0 Å². The molecule has 0 heterocycles. The highest BCUT2D eigenvalue weighted by atomic mass is 16.3. The summed E-state index contributed by atoms with van der Waals surface area (Å²) in [6, 6.07) is 0. The van der Waals surface area contributed by atoms with Crippen LogP contribution in [0.3, 0.4) is 0 Å². The molecule has 1 N–H and O–H groups in total. The highest BCUT2D eigenvalue weighted by Crippen LogP contribution is 2.24. The summed E-state index contributed by atoms with van der Waals surface area (Å²) in [5, 5.41) is 10.9. The molecule has 1 atom stereocenters. The second kappa shape index (κ2) is 27.4. The van der Waals surface area contributed by atoms with Crippen LogP contribution in [0, 0.1) is 5.92 Å². The third-order valence-electron chi connectivity index (χ3n) is 6.73. The highest BCUT2D eigenvalue weighted by molar-refractivity contribution is 4.85. The first-order valence-corrected chi connectivity index (χ1v) is 14.9. The molecular weight excluding hydrogens is 400 g/mol. The molecule has 194 valence electrons. The number of hydrogen-bond donors (Lipinski definition) is 1. The van der Waals surface area contributed by atoms with Gasteiger partial charge < -0.3 is 5.11 Å². The van der Waals surface area contributed by atoms with Crippen LogP contribution < -0.4 is 0 Å². The van der Waals surface area contributed by atoms with Gasteiger partial charge in [0, 0.05) is 0 Å². The van der Waals surface area contributed by atoms with Gasteiger partial charge >= 0.3 is 0 Å². The van der Waals surface area contributed by atoms with Crippen molar-refractivity contribution < 1.29 is 5.11 Å². The number of allylic oxidation sites excluding steroid dienone is 6. The fourth-order valence-electron chi connectivity index (χ4n) is 4.45. The Morgan fingerprint density at radius 1 is 0.424 bits per heavy atom. The monoisotopic (exact) mass is 460 g/mol. The van der Waals surface area contributed by atoms with Crippen molar-refractivity contribution >= 4 is 0 Å². The van der Waals surface area contributed by atoms with E-state index in [4.69, 9.17) is 0 Å². The summed E-state index contributed by atoms with van der Waals surface area (Å²) in [6.45, 7) is 6.79. The van der Waals surface area contributed by atoms with Crippen molar-refractivity contribution in [1.82, 2.24) is 0 Å². The second-order valence-electron chi connectivity index (χ2n) is 10.0. The Morgan fingerprint density at radius 2 is 0.727 bits per heavy atom. The molecular formula is C32H60O. The Hall–Kier alpha value is -0.820. The Balaban J connectivity index is 4.25. The fraction of sp³-hybridized carbons (Fsp3) is 0.812. The Morgan fingerprint density at radius 3 is 1.06 bits per heavy atom. The number of hydrogen-bond acceptors (Lipinski definition) is 1. The maximum Gasteiger partial charge on any atom is 0.0568 e. The summed E-state index contributed by atoms with van der Waals surface area (Å²) in [6.07, 6.45) is 40.0. The zero-order valence-corrected chi connectivity index (χ0v) is 22.9. The van der Waals surface area contributed by atoms with E-state index in [-0.39, 0.29) is 6.10 Å². The van der Waals surface area contributed by atoms with E-state index in [0.717, 1.165) is 19.3 Å². The highest BCUT2D eigenvalue weighted by Gasteiger charge is 2.17. The van der Waals surface area contributed by atoms with Gasteiger partial charge in [0.1, 0.15) is 0 Å². The zero-order valence-electron chi connectivity index (χ0n) is 22.9. The molecule has 0 saturated heterocycles. The molecule has 0 radical (unpaired) electrons. The predicted octanol–water partition coefficient (Wildman–Crippen LogP) is 10.9. The third-order valence-corrected chi connectivity index (χ3v) is 6.73. The number of unbranched alkanes of at least 4 members (excludes halogenated alkanes) is 12. The van der Waals surface area contributed by atoms with Crippen molar-refractivity contribution in [3.8, 4) is 0 Å². The molecule has 0 fully saturated rings. The second-order valence-corrected chi connectivity index (χ2v) is 10.0. The van der Waals surface area contributed by atoms with Gasteiger partial charge in [0.15, 0.2) is 0 Å². The lowest BCUT2D eigenvalue weighted by atomic mass is 9.88. The summed E-state index contributed by atoms with van der Waals surface area (Å²) in [7, 11) is 0. The van der Waals surface area contributed by atoms with Crippen LogP contribution in [-0.2, 0) is 0 Å². The van der Waals surface area contributed by atoms with Gasteiger partial charge in [-0.25, -0.2) is 0 Å². The van der Waals surface area contributed by atoms with Crippen LogP contribution in [0.5, 0.6) is 0 Å². The van der Waals surface area contributed by atoms with E-state index in [0.29, 0.717) is 5.92 Å². The van der Waals surface area contributed by atoms with E-state index in [1.807, 2.05) is 0 Å². The molecule has 1 unspecified atom stereocenters. The van der Waals surface area contributed by atoms with Crippen molar-refractivity contribution in [2.45, 2.75) is 162 Å². The summed E-state index contributed by atoms with van der Waals surface area (Å²) >= 11 is 0. The first kappa shape index (κ1) is 32.2. The molecule has 0 aliphatic carbocycles. The summed E-state index contributed by atoms with van der Waals surface area (Å²) < 4.78 is 0. The lowest BCUT2D eigenvalue weighted by Crippen LogP contribution is -2.20. The summed E-state index contributed by atoms with van der Waals surface area (Å²) in [5.74, 6) is 0.473. The fourth-order valence-corrected chi connectivity index (χ4v) is 4.45. The van der Waals surface area contributed by atoms with Gasteiger partial charge in [-0.15, -0.1) is 0 Å². The van der Waals surface area contributed by atoms with E-state index in [1.165, 1.54) is 116 Å². The van der Waals surface area contributed by atoms with Crippen molar-refractivity contribution in [2.24, 2.45) is 5.92 Å². The zero-order chi connectivity index (χ0) is 24.2. The number of rotatable bonds is 25. The van der Waals surface area contributed by atoms with Crippen molar-refractivity contribution in [3.05, 3.63) is 36.5 Å². The first-order valence-electron chi connectivity index (χ1n) is 14.9. The van der Waals surface area contributed by atoms with Gasteiger partial charge in [-0.1, -0.05) is 95.8 Å². The molecule has 0 bridgehead atoms. The van der Waals surface area contributed by atoms with Crippen molar-refractivity contribution in [1.29, 1.82) is 0 Å². The lowest BCUT2D eigenvalue weighted by Gasteiger charge is -2.22. The van der Waals surface area contributed by atoms with E-state index in [9.17, 15) is 5.11 Å². The lowest BCUT2D eigenvalue weighted by molar-refractivity contribution is 0.0851. The molecule has 33 heavy (non-hydrogen) atoms. The average molecular weight is 461 g/mol. The van der Waals surface area contributed by atoms with E-state index >= 15 is 0 Å². The van der Waals surface area contributed by atoms with Crippen LogP contribution in [0.25, 0.3) is 0 Å². The molecule has 0 saturated carbocycles.